The molecule has 1 saturated heterocycles. The predicted molar refractivity (Wildman–Crippen MR) is 85.8 cm³/mol. The van der Waals surface area contributed by atoms with Crippen molar-refractivity contribution in [2.24, 2.45) is 0 Å². The average molecular weight is 326 g/mol. The van der Waals surface area contributed by atoms with Crippen molar-refractivity contribution in [2.45, 2.75) is 25.9 Å². The van der Waals surface area contributed by atoms with Gasteiger partial charge in [-0.25, -0.2) is 0 Å². The zero-order valence-corrected chi connectivity index (χ0v) is 13.7. The quantitative estimate of drug-likeness (QED) is 0.898. The van der Waals surface area contributed by atoms with E-state index in [1.165, 1.54) is 22.1 Å². The van der Waals surface area contributed by atoms with Gasteiger partial charge in [0, 0.05) is 35.8 Å². The summed E-state index contributed by atoms with van der Waals surface area (Å²) >= 11 is 3.69. The van der Waals surface area contributed by atoms with E-state index in [1.807, 2.05) is 0 Å². The van der Waals surface area contributed by atoms with Crippen molar-refractivity contribution >= 4 is 21.6 Å². The van der Waals surface area contributed by atoms with Crippen LogP contribution in [0.25, 0.3) is 0 Å². The minimum atomic E-state index is 0.681. The molecule has 3 nitrogen and oxygen atoms in total. The molecule has 1 aromatic rings. The van der Waals surface area contributed by atoms with Crippen LogP contribution in [0.1, 0.15) is 18.9 Å². The predicted octanol–water partition coefficient (Wildman–Crippen LogP) is 2.70. The fraction of sp³-hybridized carbons (Fsp3) is 0.600. The van der Waals surface area contributed by atoms with Gasteiger partial charge in [-0.1, -0.05) is 28.9 Å². The number of nitrogens with zero attached hydrogens (tertiary/aromatic N) is 2. The molecule has 0 radical (unpaired) electrons. The van der Waals surface area contributed by atoms with E-state index in [2.05, 4.69) is 70.3 Å². The van der Waals surface area contributed by atoms with E-state index in [1.54, 1.807) is 0 Å². The molecule has 2 rings (SSSR count). The van der Waals surface area contributed by atoms with E-state index < -0.39 is 0 Å². The molecule has 1 heterocycles. The molecule has 19 heavy (non-hydrogen) atoms. The summed E-state index contributed by atoms with van der Waals surface area (Å²) in [5.41, 5.74) is 2.66. The van der Waals surface area contributed by atoms with E-state index in [4.69, 9.17) is 0 Å². The van der Waals surface area contributed by atoms with Crippen LogP contribution < -0.4 is 10.2 Å². The van der Waals surface area contributed by atoms with Gasteiger partial charge in [-0.2, -0.15) is 0 Å². The van der Waals surface area contributed by atoms with E-state index in [0.29, 0.717) is 6.04 Å². The number of benzene rings is 1. The van der Waals surface area contributed by atoms with Crippen LogP contribution in [-0.4, -0.2) is 44.7 Å². The summed E-state index contributed by atoms with van der Waals surface area (Å²) in [6.45, 7) is 6.35. The maximum atomic E-state index is 3.69. The lowest BCUT2D eigenvalue weighted by Crippen LogP contribution is -2.31. The smallest absolute Gasteiger partial charge is 0.0378 e. The summed E-state index contributed by atoms with van der Waals surface area (Å²) in [4.78, 5) is 4.81. The number of nitrogens with one attached hydrogen (secondary N) is 1. The molecule has 1 aliphatic heterocycles. The van der Waals surface area contributed by atoms with Gasteiger partial charge in [-0.15, -0.1) is 0 Å². The molecule has 1 aromatic carbocycles. The summed E-state index contributed by atoms with van der Waals surface area (Å²) in [5, 5.41) is 3.37. The first-order chi connectivity index (χ1) is 9.11. The second-order valence-electron chi connectivity index (χ2n) is 5.41. The molecule has 1 N–H and O–H groups in total. The van der Waals surface area contributed by atoms with E-state index in [0.717, 1.165) is 26.2 Å². The summed E-state index contributed by atoms with van der Waals surface area (Å²) in [7, 11) is 4.34. The van der Waals surface area contributed by atoms with Gasteiger partial charge in [-0.05, 0) is 44.8 Å². The molecule has 0 aromatic heterocycles. The lowest BCUT2D eigenvalue weighted by atomic mass is 10.2. The highest BCUT2D eigenvalue weighted by molar-refractivity contribution is 9.10. The summed E-state index contributed by atoms with van der Waals surface area (Å²) in [6, 6.07) is 7.41. The maximum absolute atomic E-state index is 3.69. The monoisotopic (exact) mass is 325 g/mol. The third kappa shape index (κ3) is 3.71. The normalized spacial score (nSPS) is 19.4. The van der Waals surface area contributed by atoms with Gasteiger partial charge in [0.25, 0.3) is 0 Å². The second-order valence-corrected chi connectivity index (χ2v) is 6.26. The molecule has 0 saturated carbocycles. The van der Waals surface area contributed by atoms with Crippen LogP contribution in [0, 0.1) is 0 Å². The first-order valence-corrected chi connectivity index (χ1v) is 7.81. The first kappa shape index (κ1) is 14.8. The zero-order valence-electron chi connectivity index (χ0n) is 12.1. The van der Waals surface area contributed by atoms with Crippen molar-refractivity contribution in [2.75, 3.05) is 38.6 Å². The molecular weight excluding hydrogens is 302 g/mol. The molecule has 0 aliphatic carbocycles. The summed E-state index contributed by atoms with van der Waals surface area (Å²) < 4.78 is 1.21. The Bertz CT molecular complexity index is 420. The summed E-state index contributed by atoms with van der Waals surface area (Å²) in [6.07, 6.45) is 1.25. The average Bonchev–Trinajstić information content (AvgIpc) is 2.87. The van der Waals surface area contributed by atoms with Crippen LogP contribution in [0.4, 0.5) is 5.69 Å². The Morgan fingerprint density at radius 1 is 1.42 bits per heavy atom. The van der Waals surface area contributed by atoms with Gasteiger partial charge in [0.1, 0.15) is 0 Å². The van der Waals surface area contributed by atoms with Crippen LogP contribution in [-0.2, 0) is 6.54 Å². The van der Waals surface area contributed by atoms with Crippen molar-refractivity contribution in [1.29, 1.82) is 0 Å². The van der Waals surface area contributed by atoms with Crippen molar-refractivity contribution in [1.82, 2.24) is 10.2 Å². The van der Waals surface area contributed by atoms with E-state index in [-0.39, 0.29) is 0 Å². The van der Waals surface area contributed by atoms with Crippen molar-refractivity contribution in [3.05, 3.63) is 28.2 Å². The van der Waals surface area contributed by atoms with Crippen molar-refractivity contribution in [3.8, 4) is 0 Å². The minimum absolute atomic E-state index is 0.681. The van der Waals surface area contributed by atoms with E-state index in [9.17, 15) is 0 Å². The number of rotatable bonds is 5. The second kappa shape index (κ2) is 6.73. The third-order valence-corrected chi connectivity index (χ3v) is 4.60. The highest BCUT2D eigenvalue weighted by Gasteiger charge is 2.24. The molecular formula is C15H24BrN3. The number of likely N-dealkylation sites (N-methyl/N-ethyl adjacent to an activating group) is 1. The number of hydrogen-bond donors (Lipinski definition) is 1. The van der Waals surface area contributed by atoms with Gasteiger partial charge in [-0.3, -0.25) is 0 Å². The van der Waals surface area contributed by atoms with Crippen LogP contribution in [0.5, 0.6) is 0 Å². The number of hydrogen-bond acceptors (Lipinski definition) is 3. The third-order valence-electron chi connectivity index (χ3n) is 3.86. The van der Waals surface area contributed by atoms with Crippen molar-refractivity contribution in [3.63, 3.8) is 0 Å². The van der Waals surface area contributed by atoms with Gasteiger partial charge in [0.15, 0.2) is 0 Å². The lowest BCUT2D eigenvalue weighted by molar-refractivity contribution is 0.315. The zero-order chi connectivity index (χ0) is 13.8. The van der Waals surface area contributed by atoms with Crippen LogP contribution >= 0.6 is 15.9 Å². The van der Waals surface area contributed by atoms with Crippen molar-refractivity contribution < 1.29 is 0 Å². The van der Waals surface area contributed by atoms with Gasteiger partial charge >= 0.3 is 0 Å². The SMILES string of the molecule is CCNCc1ccc(N2CCC(N(C)C)C2)cc1Br. The topological polar surface area (TPSA) is 18.5 Å². The molecule has 0 amide bonds. The van der Waals surface area contributed by atoms with Crippen LogP contribution in [0.2, 0.25) is 0 Å². The Morgan fingerprint density at radius 3 is 2.79 bits per heavy atom. The fourth-order valence-electron chi connectivity index (χ4n) is 2.53. The Balaban J connectivity index is 2.04. The Morgan fingerprint density at radius 2 is 2.21 bits per heavy atom. The summed E-state index contributed by atoms with van der Waals surface area (Å²) in [5.74, 6) is 0. The lowest BCUT2D eigenvalue weighted by Gasteiger charge is -2.22. The number of halogens is 1. The van der Waals surface area contributed by atoms with Crippen LogP contribution in [0.3, 0.4) is 0 Å². The highest BCUT2D eigenvalue weighted by atomic mass is 79.9. The Labute approximate surface area is 125 Å². The molecule has 1 atom stereocenters. The highest BCUT2D eigenvalue weighted by Crippen LogP contribution is 2.27. The molecule has 1 aliphatic rings. The molecule has 1 unspecified atom stereocenters. The van der Waals surface area contributed by atoms with Gasteiger partial charge in [0.2, 0.25) is 0 Å². The largest absolute Gasteiger partial charge is 0.370 e. The van der Waals surface area contributed by atoms with E-state index >= 15 is 0 Å². The van der Waals surface area contributed by atoms with Crippen LogP contribution in [0.15, 0.2) is 22.7 Å². The Hall–Kier alpha value is -0.580. The molecule has 1 fully saturated rings. The maximum Gasteiger partial charge on any atom is 0.0378 e. The van der Waals surface area contributed by atoms with Gasteiger partial charge < -0.3 is 15.1 Å². The number of anilines is 1. The van der Waals surface area contributed by atoms with Gasteiger partial charge in [0.05, 0.1) is 0 Å². The fourth-order valence-corrected chi connectivity index (χ4v) is 3.04. The molecule has 106 valence electrons. The molecule has 4 heteroatoms. The Kier molecular flexibility index (Phi) is 5.25. The standard InChI is InChI=1S/C15H24BrN3/c1-4-17-10-12-5-6-13(9-15(12)16)19-8-7-14(11-19)18(2)3/h5-6,9,14,17H,4,7-8,10-11H2,1-3H3. The molecule has 0 spiro atoms. The minimum Gasteiger partial charge on any atom is -0.370 e. The first-order valence-electron chi connectivity index (χ1n) is 7.02. The molecule has 0 bridgehead atoms.